The van der Waals surface area contributed by atoms with E-state index >= 15 is 0 Å². The third kappa shape index (κ3) is 4.27. The zero-order valence-electron chi connectivity index (χ0n) is 16.5. The molecule has 0 aliphatic rings. The van der Waals surface area contributed by atoms with Gasteiger partial charge in [-0.25, -0.2) is 0 Å². The fraction of sp³-hybridized carbons (Fsp3) is 0.304. The van der Waals surface area contributed by atoms with Crippen LogP contribution >= 0.6 is 0 Å². The number of aromatic nitrogens is 2. The first-order valence-electron chi connectivity index (χ1n) is 9.27. The Bertz CT molecular complexity index is 940. The van der Waals surface area contributed by atoms with E-state index in [0.717, 1.165) is 41.4 Å². The number of nitrogens with zero attached hydrogens (tertiary/aromatic N) is 2. The lowest BCUT2D eigenvalue weighted by Gasteiger charge is -2.10. The van der Waals surface area contributed by atoms with Crippen molar-refractivity contribution in [2.45, 2.75) is 40.3 Å². The first-order valence-corrected chi connectivity index (χ1v) is 9.27. The maximum atomic E-state index is 12.8. The Morgan fingerprint density at radius 3 is 2.48 bits per heavy atom. The molecule has 0 fully saturated rings. The molecular weight excluding hydrogens is 336 g/mol. The first-order chi connectivity index (χ1) is 13.0. The minimum Gasteiger partial charge on any atom is -0.497 e. The van der Waals surface area contributed by atoms with E-state index in [-0.39, 0.29) is 5.78 Å². The molecule has 4 heteroatoms. The van der Waals surface area contributed by atoms with Crippen LogP contribution in [0.2, 0.25) is 0 Å². The summed E-state index contributed by atoms with van der Waals surface area (Å²) in [6.07, 6.45) is 2.87. The number of rotatable bonds is 7. The highest BCUT2D eigenvalue weighted by molar-refractivity contribution is 5.96. The highest BCUT2D eigenvalue weighted by Gasteiger charge is 2.20. The number of carbonyl (C=O) groups excluding carboxylic acids is 1. The Balaban J connectivity index is 1.73. The molecule has 4 nitrogen and oxygen atoms in total. The molecule has 3 rings (SSSR count). The Kier molecular flexibility index (Phi) is 5.75. The Morgan fingerprint density at radius 1 is 1.07 bits per heavy atom. The Labute approximate surface area is 161 Å². The summed E-state index contributed by atoms with van der Waals surface area (Å²) in [5.41, 5.74) is 5.32. The number of hydrogen-bond acceptors (Lipinski definition) is 2. The van der Waals surface area contributed by atoms with Gasteiger partial charge in [0.2, 0.25) is 12.3 Å². The number of aryl methyl sites for hydroxylation is 3. The zero-order chi connectivity index (χ0) is 19.4. The third-order valence-electron chi connectivity index (χ3n) is 5.14. The standard InChI is InChI=1S/C23H27N2O2/c1-17-7-5-6-13-24(17)16-23(26)22-15-18(2)25(19(22)3)14-12-20-8-10-21(27-4)11-9-20/h5-11,13,15H,12,14,16H2,1-4H3/q+1. The van der Waals surface area contributed by atoms with E-state index in [2.05, 4.69) is 23.6 Å². The lowest BCUT2D eigenvalue weighted by molar-refractivity contribution is -0.689. The van der Waals surface area contributed by atoms with Gasteiger partial charge in [-0.05, 0) is 44.0 Å². The lowest BCUT2D eigenvalue weighted by atomic mass is 10.1. The number of ketones is 1. The van der Waals surface area contributed by atoms with E-state index in [9.17, 15) is 4.79 Å². The molecule has 0 atom stereocenters. The van der Waals surface area contributed by atoms with Gasteiger partial charge < -0.3 is 9.30 Å². The fourth-order valence-corrected chi connectivity index (χ4v) is 3.44. The molecule has 0 amide bonds. The quantitative estimate of drug-likeness (QED) is 0.472. The molecule has 3 aromatic rings. The van der Waals surface area contributed by atoms with E-state index < -0.39 is 0 Å². The molecule has 0 bridgehead atoms. The lowest BCUT2D eigenvalue weighted by Crippen LogP contribution is -2.40. The van der Waals surface area contributed by atoms with Gasteiger partial charge in [-0.1, -0.05) is 18.2 Å². The van der Waals surface area contributed by atoms with Gasteiger partial charge in [0, 0.05) is 42.6 Å². The van der Waals surface area contributed by atoms with Crippen molar-refractivity contribution in [3.63, 3.8) is 0 Å². The largest absolute Gasteiger partial charge is 0.497 e. The smallest absolute Gasteiger partial charge is 0.229 e. The second-order valence-corrected chi connectivity index (χ2v) is 6.93. The number of Topliss-reactive ketones (excluding diaryl/α,β-unsaturated/α-hetero) is 1. The Morgan fingerprint density at radius 2 is 1.81 bits per heavy atom. The van der Waals surface area contributed by atoms with Crippen LogP contribution in [0.3, 0.4) is 0 Å². The summed E-state index contributed by atoms with van der Waals surface area (Å²) in [5, 5.41) is 0. The van der Waals surface area contributed by atoms with Crippen LogP contribution in [0.1, 0.15) is 33.0 Å². The second-order valence-electron chi connectivity index (χ2n) is 6.93. The van der Waals surface area contributed by atoms with Crippen LogP contribution in [0, 0.1) is 20.8 Å². The van der Waals surface area contributed by atoms with E-state index in [0.29, 0.717) is 6.54 Å². The average Bonchev–Trinajstić information content (AvgIpc) is 2.96. The molecule has 0 radical (unpaired) electrons. The van der Waals surface area contributed by atoms with Crippen molar-refractivity contribution in [1.82, 2.24) is 4.57 Å². The molecule has 2 aromatic heterocycles. The van der Waals surface area contributed by atoms with Crippen molar-refractivity contribution in [2.24, 2.45) is 0 Å². The molecule has 0 spiro atoms. The SMILES string of the molecule is COc1ccc(CCn2c(C)cc(C(=O)C[n+]3ccccc3C)c2C)cc1. The van der Waals surface area contributed by atoms with Gasteiger partial charge in [0.25, 0.3) is 0 Å². The van der Waals surface area contributed by atoms with Gasteiger partial charge in [0.15, 0.2) is 11.9 Å². The molecule has 0 saturated carbocycles. The van der Waals surface area contributed by atoms with Crippen LogP contribution in [-0.2, 0) is 19.5 Å². The summed E-state index contributed by atoms with van der Waals surface area (Å²) in [6.45, 7) is 7.35. The van der Waals surface area contributed by atoms with Crippen LogP contribution in [0.25, 0.3) is 0 Å². The zero-order valence-corrected chi connectivity index (χ0v) is 16.5. The van der Waals surface area contributed by atoms with Crippen LogP contribution < -0.4 is 9.30 Å². The molecule has 2 heterocycles. The van der Waals surface area contributed by atoms with Crippen LogP contribution in [0.15, 0.2) is 54.7 Å². The number of benzene rings is 1. The summed E-state index contributed by atoms with van der Waals surface area (Å²) in [7, 11) is 1.68. The van der Waals surface area contributed by atoms with Crippen LogP contribution in [0.5, 0.6) is 5.75 Å². The summed E-state index contributed by atoms with van der Waals surface area (Å²) < 4.78 is 9.44. The van der Waals surface area contributed by atoms with Crippen molar-refractivity contribution in [3.05, 3.63) is 82.9 Å². The highest BCUT2D eigenvalue weighted by Crippen LogP contribution is 2.18. The summed E-state index contributed by atoms with van der Waals surface area (Å²) in [4.78, 5) is 12.8. The number of carbonyl (C=O) groups is 1. The van der Waals surface area contributed by atoms with Gasteiger partial charge in [0.05, 0.1) is 7.11 Å². The number of pyridine rings is 1. The minimum atomic E-state index is 0.151. The van der Waals surface area contributed by atoms with Crippen molar-refractivity contribution < 1.29 is 14.1 Å². The molecule has 140 valence electrons. The fourth-order valence-electron chi connectivity index (χ4n) is 3.44. The second kappa shape index (κ2) is 8.21. The third-order valence-corrected chi connectivity index (χ3v) is 5.14. The minimum absolute atomic E-state index is 0.151. The van der Waals surface area contributed by atoms with Gasteiger partial charge in [-0.15, -0.1) is 0 Å². The molecule has 0 aliphatic carbocycles. The van der Waals surface area contributed by atoms with Gasteiger partial charge >= 0.3 is 0 Å². The van der Waals surface area contributed by atoms with Crippen molar-refractivity contribution in [2.75, 3.05) is 7.11 Å². The topological polar surface area (TPSA) is 35.1 Å². The van der Waals surface area contributed by atoms with Crippen molar-refractivity contribution in [1.29, 1.82) is 0 Å². The summed E-state index contributed by atoms with van der Waals surface area (Å²) in [6, 6.07) is 16.1. The van der Waals surface area contributed by atoms with Crippen LogP contribution in [0.4, 0.5) is 0 Å². The van der Waals surface area contributed by atoms with Gasteiger partial charge in [0.1, 0.15) is 5.75 Å². The van der Waals surface area contributed by atoms with E-state index in [1.807, 2.05) is 61.0 Å². The molecule has 27 heavy (non-hydrogen) atoms. The Hall–Kier alpha value is -2.88. The number of methoxy groups -OCH3 is 1. The predicted octanol–water partition coefficient (Wildman–Crippen LogP) is 3.84. The van der Waals surface area contributed by atoms with Crippen molar-refractivity contribution in [3.8, 4) is 5.75 Å². The summed E-state index contributed by atoms with van der Waals surface area (Å²) in [5.74, 6) is 1.02. The van der Waals surface area contributed by atoms with E-state index in [1.54, 1.807) is 7.11 Å². The maximum absolute atomic E-state index is 12.8. The predicted molar refractivity (Wildman–Crippen MR) is 106 cm³/mol. The summed E-state index contributed by atoms with van der Waals surface area (Å²) >= 11 is 0. The van der Waals surface area contributed by atoms with Gasteiger partial charge in [-0.3, -0.25) is 4.79 Å². The monoisotopic (exact) mass is 363 g/mol. The molecule has 1 aromatic carbocycles. The first kappa shape index (κ1) is 18.9. The van der Waals surface area contributed by atoms with Gasteiger partial charge in [-0.2, -0.15) is 4.57 Å². The van der Waals surface area contributed by atoms with Crippen molar-refractivity contribution >= 4 is 5.78 Å². The average molecular weight is 363 g/mol. The van der Waals surface area contributed by atoms with E-state index in [1.165, 1.54) is 5.56 Å². The van der Waals surface area contributed by atoms with Crippen LogP contribution in [-0.4, -0.2) is 17.5 Å². The number of ether oxygens (including phenoxy) is 1. The molecule has 0 aliphatic heterocycles. The molecule has 0 N–H and O–H groups in total. The van der Waals surface area contributed by atoms with E-state index in [4.69, 9.17) is 4.74 Å². The number of hydrogen-bond donors (Lipinski definition) is 0. The molecular formula is C23H27N2O2+. The normalized spacial score (nSPS) is 10.8. The molecule has 0 unspecified atom stereocenters. The maximum Gasteiger partial charge on any atom is 0.229 e. The highest BCUT2D eigenvalue weighted by atomic mass is 16.5. The molecule has 0 saturated heterocycles.